The zero-order chi connectivity index (χ0) is 13.6. The lowest BCUT2D eigenvalue weighted by molar-refractivity contribution is 0.109. The van der Waals surface area contributed by atoms with Crippen LogP contribution < -0.4 is 0 Å². The van der Waals surface area contributed by atoms with Gasteiger partial charge < -0.3 is 4.42 Å². The predicted molar refractivity (Wildman–Crippen MR) is 72.5 cm³/mol. The Kier molecular flexibility index (Phi) is 2.52. The molecular weight excluding hydrogens is 240 g/mol. The van der Waals surface area contributed by atoms with Crippen LogP contribution in [0.25, 0.3) is 16.6 Å². The molecule has 19 heavy (non-hydrogen) atoms. The third kappa shape index (κ3) is 1.76. The summed E-state index contributed by atoms with van der Waals surface area (Å²) in [5.41, 5.74) is 4.92. The molecule has 0 unspecified atom stereocenters. The van der Waals surface area contributed by atoms with E-state index in [0.29, 0.717) is 5.76 Å². The Morgan fingerprint density at radius 1 is 1.26 bits per heavy atom. The molecule has 4 heteroatoms. The van der Waals surface area contributed by atoms with Gasteiger partial charge in [-0.3, -0.25) is 4.79 Å². The number of aromatic nitrogens is 2. The molecule has 0 amide bonds. The van der Waals surface area contributed by atoms with E-state index in [4.69, 9.17) is 4.42 Å². The van der Waals surface area contributed by atoms with E-state index in [0.717, 1.165) is 39.9 Å². The van der Waals surface area contributed by atoms with E-state index < -0.39 is 0 Å². The van der Waals surface area contributed by atoms with E-state index in [1.165, 1.54) is 0 Å². The summed E-state index contributed by atoms with van der Waals surface area (Å²) in [6.45, 7) is 5.74. The first-order valence-corrected chi connectivity index (χ1v) is 6.11. The van der Waals surface area contributed by atoms with Crippen LogP contribution in [0.3, 0.4) is 0 Å². The number of pyridine rings is 1. The lowest BCUT2D eigenvalue weighted by Gasteiger charge is -2.02. The molecule has 4 nitrogen and oxygen atoms in total. The number of carbonyl (C=O) groups excluding carboxylic acids is 1. The molecule has 0 aliphatic rings. The van der Waals surface area contributed by atoms with Crippen molar-refractivity contribution in [1.82, 2.24) is 9.61 Å². The second-order valence-electron chi connectivity index (χ2n) is 4.71. The fourth-order valence-electron chi connectivity index (χ4n) is 2.49. The molecule has 3 heterocycles. The van der Waals surface area contributed by atoms with Crippen LogP contribution in [0, 0.1) is 20.8 Å². The molecule has 0 saturated carbocycles. The highest BCUT2D eigenvalue weighted by atomic mass is 16.3. The first-order chi connectivity index (χ1) is 9.10. The third-order valence-electron chi connectivity index (χ3n) is 3.34. The highest BCUT2D eigenvalue weighted by Gasteiger charge is 2.15. The molecule has 0 N–H and O–H groups in total. The van der Waals surface area contributed by atoms with Gasteiger partial charge in [0, 0.05) is 17.3 Å². The summed E-state index contributed by atoms with van der Waals surface area (Å²) in [7, 11) is 0. The van der Waals surface area contributed by atoms with Gasteiger partial charge in [0.2, 0.25) is 0 Å². The van der Waals surface area contributed by atoms with Crippen molar-refractivity contribution in [1.29, 1.82) is 0 Å². The standard InChI is InChI=1S/C15H14N2O2/c1-9-6-13-7-12(4-5-17(13)16-9)15-10(2)14(8-18)19-11(15)3/h4-8H,1-3H3. The molecule has 3 aromatic rings. The predicted octanol–water partition coefficient (Wildman–Crippen LogP) is 3.33. The van der Waals surface area contributed by atoms with Crippen molar-refractivity contribution in [3.63, 3.8) is 0 Å². The van der Waals surface area contributed by atoms with Crippen molar-refractivity contribution in [2.45, 2.75) is 20.8 Å². The zero-order valence-electron chi connectivity index (χ0n) is 11.1. The van der Waals surface area contributed by atoms with Crippen molar-refractivity contribution >= 4 is 11.8 Å². The fourth-order valence-corrected chi connectivity index (χ4v) is 2.49. The third-order valence-corrected chi connectivity index (χ3v) is 3.34. The molecule has 0 aliphatic heterocycles. The Morgan fingerprint density at radius 3 is 2.74 bits per heavy atom. The van der Waals surface area contributed by atoms with Gasteiger partial charge in [-0.15, -0.1) is 0 Å². The zero-order valence-corrected chi connectivity index (χ0v) is 11.1. The van der Waals surface area contributed by atoms with Crippen LogP contribution in [0.5, 0.6) is 0 Å². The minimum atomic E-state index is 0.400. The summed E-state index contributed by atoms with van der Waals surface area (Å²) < 4.78 is 7.31. The minimum absolute atomic E-state index is 0.400. The maximum atomic E-state index is 10.9. The highest BCUT2D eigenvalue weighted by molar-refractivity contribution is 5.82. The number of nitrogens with zero attached hydrogens (tertiary/aromatic N) is 2. The lowest BCUT2D eigenvalue weighted by atomic mass is 10.0. The van der Waals surface area contributed by atoms with Gasteiger partial charge in [0.1, 0.15) is 5.76 Å². The quantitative estimate of drug-likeness (QED) is 0.659. The van der Waals surface area contributed by atoms with E-state index in [9.17, 15) is 4.79 Å². The summed E-state index contributed by atoms with van der Waals surface area (Å²) in [6, 6.07) is 6.06. The molecule has 0 atom stereocenters. The van der Waals surface area contributed by atoms with E-state index in [-0.39, 0.29) is 0 Å². The van der Waals surface area contributed by atoms with Crippen LogP contribution in [0.4, 0.5) is 0 Å². The second kappa shape index (κ2) is 4.09. The first-order valence-electron chi connectivity index (χ1n) is 6.11. The number of carbonyl (C=O) groups is 1. The van der Waals surface area contributed by atoms with Gasteiger partial charge >= 0.3 is 0 Å². The maximum absolute atomic E-state index is 10.9. The number of aldehydes is 1. The Balaban J connectivity index is 2.23. The van der Waals surface area contributed by atoms with Gasteiger partial charge in [-0.05, 0) is 44.5 Å². The van der Waals surface area contributed by atoms with Gasteiger partial charge in [-0.1, -0.05) is 0 Å². The van der Waals surface area contributed by atoms with Crippen LogP contribution in [0.1, 0.15) is 27.6 Å². The summed E-state index contributed by atoms with van der Waals surface area (Å²) in [4.78, 5) is 10.9. The minimum Gasteiger partial charge on any atom is -0.458 e. The molecule has 0 aromatic carbocycles. The Labute approximate surface area is 110 Å². The summed E-state index contributed by atoms with van der Waals surface area (Å²) in [6.07, 6.45) is 2.68. The summed E-state index contributed by atoms with van der Waals surface area (Å²) in [5.74, 6) is 1.16. The Hall–Kier alpha value is -2.36. The van der Waals surface area contributed by atoms with E-state index in [2.05, 4.69) is 11.2 Å². The van der Waals surface area contributed by atoms with Crippen LogP contribution in [0.15, 0.2) is 28.8 Å². The normalized spacial score (nSPS) is 11.1. The number of furan rings is 1. The second-order valence-corrected chi connectivity index (χ2v) is 4.71. The molecule has 0 saturated heterocycles. The number of aryl methyl sites for hydroxylation is 2. The molecule has 3 rings (SSSR count). The van der Waals surface area contributed by atoms with Gasteiger partial charge in [0.25, 0.3) is 0 Å². The van der Waals surface area contributed by atoms with E-state index in [1.54, 1.807) is 0 Å². The Bertz CT molecular complexity index is 781. The number of hydrogen-bond donors (Lipinski definition) is 0. The average Bonchev–Trinajstić information content (AvgIpc) is 2.87. The van der Waals surface area contributed by atoms with Crippen LogP contribution >= 0.6 is 0 Å². The molecular formula is C15H14N2O2. The summed E-state index contributed by atoms with van der Waals surface area (Å²) >= 11 is 0. The molecule has 0 spiro atoms. The fraction of sp³-hybridized carbons (Fsp3) is 0.200. The van der Waals surface area contributed by atoms with Crippen molar-refractivity contribution in [3.8, 4) is 11.1 Å². The lowest BCUT2D eigenvalue weighted by Crippen LogP contribution is -1.89. The highest BCUT2D eigenvalue weighted by Crippen LogP contribution is 2.31. The average molecular weight is 254 g/mol. The number of rotatable bonds is 2. The van der Waals surface area contributed by atoms with Gasteiger partial charge in [-0.25, -0.2) is 4.52 Å². The largest absolute Gasteiger partial charge is 0.458 e. The Morgan fingerprint density at radius 2 is 2.05 bits per heavy atom. The SMILES string of the molecule is Cc1cc2cc(-c3c(C)oc(C=O)c3C)ccn2n1. The molecule has 3 aromatic heterocycles. The smallest absolute Gasteiger partial charge is 0.185 e. The van der Waals surface area contributed by atoms with Gasteiger partial charge in [0.05, 0.1) is 11.2 Å². The number of hydrogen-bond acceptors (Lipinski definition) is 3. The van der Waals surface area contributed by atoms with Crippen LogP contribution in [-0.2, 0) is 0 Å². The van der Waals surface area contributed by atoms with Crippen LogP contribution in [-0.4, -0.2) is 15.9 Å². The molecule has 0 radical (unpaired) electrons. The van der Waals surface area contributed by atoms with E-state index >= 15 is 0 Å². The first kappa shape index (κ1) is 11.7. The van der Waals surface area contributed by atoms with Crippen molar-refractivity contribution in [3.05, 3.63) is 47.2 Å². The maximum Gasteiger partial charge on any atom is 0.185 e. The van der Waals surface area contributed by atoms with Gasteiger partial charge in [0.15, 0.2) is 12.0 Å². The monoisotopic (exact) mass is 254 g/mol. The van der Waals surface area contributed by atoms with Crippen molar-refractivity contribution < 1.29 is 9.21 Å². The van der Waals surface area contributed by atoms with E-state index in [1.807, 2.05) is 43.6 Å². The number of fused-ring (bicyclic) bond motifs is 1. The molecule has 96 valence electrons. The molecule has 0 bridgehead atoms. The van der Waals surface area contributed by atoms with Crippen molar-refractivity contribution in [2.75, 3.05) is 0 Å². The molecule has 0 aliphatic carbocycles. The summed E-state index contributed by atoms with van der Waals surface area (Å²) in [5, 5.41) is 4.35. The van der Waals surface area contributed by atoms with Crippen molar-refractivity contribution in [2.24, 2.45) is 0 Å². The topological polar surface area (TPSA) is 47.5 Å². The van der Waals surface area contributed by atoms with Crippen LogP contribution in [0.2, 0.25) is 0 Å². The molecule has 0 fully saturated rings. The van der Waals surface area contributed by atoms with Gasteiger partial charge in [-0.2, -0.15) is 5.10 Å².